The number of anilines is 1. The fraction of sp³-hybridized carbons (Fsp3) is 0.286. The molecule has 2 heterocycles. The van der Waals surface area contributed by atoms with Crippen LogP contribution in [0, 0.1) is 13.8 Å². The van der Waals surface area contributed by atoms with Crippen molar-refractivity contribution in [1.29, 1.82) is 0 Å². The molecule has 3 aromatic rings. The molecule has 1 fully saturated rings. The Hall–Kier alpha value is -2.76. The monoisotopic (exact) mass is 490 g/mol. The lowest BCUT2D eigenvalue weighted by Crippen LogP contribution is -2.50. The van der Waals surface area contributed by atoms with E-state index >= 15 is 0 Å². The molecule has 4 nitrogen and oxygen atoms in total. The van der Waals surface area contributed by atoms with E-state index in [1.54, 1.807) is 16.7 Å². The standard InChI is InChI=1S/C28H27ClN2O2S/c1-18-9-11-20(12-10-18)25(32)31-17-27(3,4)34-28(31)23-15-22(29)13-14-24(23)30(26(28)33)16-21-8-6-5-7-19(21)2/h5-15H,16-17H2,1-4H3. The summed E-state index contributed by atoms with van der Waals surface area (Å²) < 4.78 is -0.311. The first-order chi connectivity index (χ1) is 16.1. The number of rotatable bonds is 3. The number of thioether (sulfide) groups is 1. The maximum atomic E-state index is 14.4. The summed E-state index contributed by atoms with van der Waals surface area (Å²) in [5.74, 6) is -0.237. The number of benzene rings is 3. The Balaban J connectivity index is 1.66. The zero-order valence-corrected chi connectivity index (χ0v) is 21.3. The Morgan fingerprint density at radius 2 is 1.74 bits per heavy atom. The highest BCUT2D eigenvalue weighted by Gasteiger charge is 2.63. The van der Waals surface area contributed by atoms with Gasteiger partial charge in [-0.3, -0.25) is 9.59 Å². The molecule has 1 saturated heterocycles. The molecule has 0 bridgehead atoms. The molecule has 34 heavy (non-hydrogen) atoms. The van der Waals surface area contributed by atoms with Gasteiger partial charge < -0.3 is 9.80 Å². The lowest BCUT2D eigenvalue weighted by atomic mass is 10.0. The van der Waals surface area contributed by atoms with Gasteiger partial charge in [0.05, 0.1) is 12.2 Å². The van der Waals surface area contributed by atoms with Crippen molar-refractivity contribution in [2.75, 3.05) is 11.4 Å². The highest BCUT2D eigenvalue weighted by Crippen LogP contribution is 2.60. The van der Waals surface area contributed by atoms with Crippen molar-refractivity contribution in [3.8, 4) is 0 Å². The predicted molar refractivity (Wildman–Crippen MR) is 139 cm³/mol. The van der Waals surface area contributed by atoms with E-state index in [1.165, 1.54) is 0 Å². The van der Waals surface area contributed by atoms with Crippen LogP contribution >= 0.6 is 23.4 Å². The Morgan fingerprint density at radius 1 is 1.03 bits per heavy atom. The van der Waals surface area contributed by atoms with Crippen LogP contribution in [0.3, 0.4) is 0 Å². The Kier molecular flexibility index (Phi) is 5.53. The van der Waals surface area contributed by atoms with Crippen molar-refractivity contribution in [3.05, 3.63) is 99.6 Å². The fourth-order valence-electron chi connectivity index (χ4n) is 4.94. The molecule has 0 aliphatic carbocycles. The molecule has 2 amide bonds. The Morgan fingerprint density at radius 3 is 2.44 bits per heavy atom. The predicted octanol–water partition coefficient (Wildman–Crippen LogP) is 6.32. The number of amides is 2. The highest BCUT2D eigenvalue weighted by atomic mass is 35.5. The average molecular weight is 491 g/mol. The Labute approximate surface area is 209 Å². The molecular formula is C28H27ClN2O2S. The van der Waals surface area contributed by atoms with E-state index in [0.717, 1.165) is 27.9 Å². The van der Waals surface area contributed by atoms with E-state index in [1.807, 2.05) is 72.5 Å². The molecule has 1 spiro atoms. The van der Waals surface area contributed by atoms with Crippen LogP contribution in [0.25, 0.3) is 0 Å². The van der Waals surface area contributed by atoms with E-state index in [2.05, 4.69) is 26.8 Å². The zero-order valence-electron chi connectivity index (χ0n) is 19.8. The van der Waals surface area contributed by atoms with Gasteiger partial charge in [0.2, 0.25) is 0 Å². The quantitative estimate of drug-likeness (QED) is 0.431. The van der Waals surface area contributed by atoms with E-state index < -0.39 is 4.87 Å². The van der Waals surface area contributed by atoms with Gasteiger partial charge in [0.15, 0.2) is 4.87 Å². The summed E-state index contributed by atoms with van der Waals surface area (Å²) in [7, 11) is 0. The van der Waals surface area contributed by atoms with Gasteiger partial charge >= 0.3 is 0 Å². The van der Waals surface area contributed by atoms with Crippen molar-refractivity contribution in [2.45, 2.75) is 43.9 Å². The number of carbonyl (C=O) groups excluding carboxylic acids is 2. The van der Waals surface area contributed by atoms with E-state index in [9.17, 15) is 9.59 Å². The minimum absolute atomic E-state index is 0.0935. The van der Waals surface area contributed by atoms with Crippen molar-refractivity contribution in [3.63, 3.8) is 0 Å². The lowest BCUT2D eigenvalue weighted by molar-refractivity contribution is -0.123. The highest BCUT2D eigenvalue weighted by molar-refractivity contribution is 8.02. The third-order valence-electron chi connectivity index (χ3n) is 6.63. The van der Waals surface area contributed by atoms with Crippen LogP contribution in [0.4, 0.5) is 5.69 Å². The maximum Gasteiger partial charge on any atom is 0.268 e. The molecule has 6 heteroatoms. The van der Waals surface area contributed by atoms with Crippen LogP contribution < -0.4 is 4.90 Å². The SMILES string of the molecule is Cc1ccc(C(=O)N2CC(C)(C)SC23C(=O)N(Cc2ccccc2C)c2ccc(Cl)cc23)cc1. The lowest BCUT2D eigenvalue weighted by Gasteiger charge is -2.33. The Bertz CT molecular complexity index is 1300. The van der Waals surface area contributed by atoms with E-state index in [4.69, 9.17) is 11.6 Å². The normalized spacial score (nSPS) is 20.8. The second-order valence-electron chi connectivity index (χ2n) is 9.74. The minimum atomic E-state index is -1.16. The van der Waals surface area contributed by atoms with Gasteiger partial charge in [0, 0.05) is 27.4 Å². The van der Waals surface area contributed by atoms with Crippen molar-refractivity contribution < 1.29 is 9.59 Å². The summed E-state index contributed by atoms with van der Waals surface area (Å²) in [4.78, 5) is 30.7. The number of hydrogen-bond acceptors (Lipinski definition) is 3. The molecule has 0 N–H and O–H groups in total. The molecule has 1 unspecified atom stereocenters. The van der Waals surface area contributed by atoms with Gasteiger partial charge in [-0.25, -0.2) is 0 Å². The van der Waals surface area contributed by atoms with E-state index in [0.29, 0.717) is 23.7 Å². The average Bonchev–Trinajstić information content (AvgIpc) is 3.21. The zero-order chi connectivity index (χ0) is 24.3. The van der Waals surface area contributed by atoms with Crippen molar-refractivity contribution >= 4 is 40.9 Å². The van der Waals surface area contributed by atoms with Crippen LogP contribution in [0.15, 0.2) is 66.7 Å². The third kappa shape index (κ3) is 3.62. The van der Waals surface area contributed by atoms with Crippen LogP contribution in [-0.4, -0.2) is 28.0 Å². The summed E-state index contributed by atoms with van der Waals surface area (Å²) >= 11 is 8.00. The molecule has 0 radical (unpaired) electrons. The summed E-state index contributed by atoms with van der Waals surface area (Å²) in [5, 5.41) is 0.553. The van der Waals surface area contributed by atoms with Gasteiger partial charge in [-0.15, -0.1) is 11.8 Å². The number of carbonyl (C=O) groups is 2. The molecule has 2 aliphatic rings. The second kappa shape index (κ2) is 8.17. The van der Waals surface area contributed by atoms with Crippen LogP contribution in [0.1, 0.15) is 46.5 Å². The smallest absolute Gasteiger partial charge is 0.268 e. The third-order valence-corrected chi connectivity index (χ3v) is 8.45. The number of halogens is 1. The molecule has 3 aromatic carbocycles. The summed E-state index contributed by atoms with van der Waals surface area (Å²) in [6.07, 6.45) is 0. The molecule has 5 rings (SSSR count). The van der Waals surface area contributed by atoms with Crippen LogP contribution in [0.2, 0.25) is 5.02 Å². The molecule has 1 atom stereocenters. The second-order valence-corrected chi connectivity index (χ2v) is 12.1. The van der Waals surface area contributed by atoms with Crippen LogP contribution in [0.5, 0.6) is 0 Å². The first-order valence-electron chi connectivity index (χ1n) is 11.4. The molecule has 2 aliphatic heterocycles. The van der Waals surface area contributed by atoms with Gasteiger partial charge in [-0.1, -0.05) is 53.6 Å². The molecule has 0 saturated carbocycles. The van der Waals surface area contributed by atoms with Crippen LogP contribution in [-0.2, 0) is 16.2 Å². The van der Waals surface area contributed by atoms with E-state index in [-0.39, 0.29) is 16.6 Å². The molecule has 174 valence electrons. The van der Waals surface area contributed by atoms with Crippen molar-refractivity contribution in [1.82, 2.24) is 4.90 Å². The maximum absolute atomic E-state index is 14.4. The number of aryl methyl sites for hydroxylation is 2. The summed E-state index contributed by atoms with van der Waals surface area (Å²) in [6.45, 7) is 9.12. The van der Waals surface area contributed by atoms with Gasteiger partial charge in [-0.2, -0.15) is 0 Å². The summed E-state index contributed by atoms with van der Waals surface area (Å²) in [6, 6.07) is 21.2. The first kappa shape index (κ1) is 23.0. The first-order valence-corrected chi connectivity index (χ1v) is 12.6. The van der Waals surface area contributed by atoms with Gasteiger partial charge in [0.25, 0.3) is 11.8 Å². The number of hydrogen-bond donors (Lipinski definition) is 0. The topological polar surface area (TPSA) is 40.6 Å². The largest absolute Gasteiger partial charge is 0.310 e. The molecular weight excluding hydrogens is 464 g/mol. The minimum Gasteiger partial charge on any atom is -0.310 e. The molecule has 0 aromatic heterocycles. The van der Waals surface area contributed by atoms with Gasteiger partial charge in [0.1, 0.15) is 0 Å². The number of fused-ring (bicyclic) bond motifs is 2. The fourth-order valence-corrected chi connectivity index (χ4v) is 6.84. The van der Waals surface area contributed by atoms with Crippen molar-refractivity contribution in [2.24, 2.45) is 0 Å². The van der Waals surface area contributed by atoms with Gasteiger partial charge in [-0.05, 0) is 69.2 Å². The number of nitrogens with zero attached hydrogens (tertiary/aromatic N) is 2. The summed E-state index contributed by atoms with van der Waals surface area (Å²) in [5.41, 5.74) is 5.46.